The van der Waals surface area contributed by atoms with Gasteiger partial charge in [0.2, 0.25) is 0 Å². The lowest BCUT2D eigenvalue weighted by atomic mass is 9.92. The lowest BCUT2D eigenvalue weighted by Crippen LogP contribution is -2.36. The fraction of sp³-hybridized carbons (Fsp3) is 0.667. The summed E-state index contributed by atoms with van der Waals surface area (Å²) in [7, 11) is 0. The molecule has 2 rings (SSSR count). The summed E-state index contributed by atoms with van der Waals surface area (Å²) in [6, 6.07) is 4.62. The fourth-order valence-corrected chi connectivity index (χ4v) is 3.33. The zero-order valence-corrected chi connectivity index (χ0v) is 13.3. The minimum Gasteiger partial charge on any atom is -0.330 e. The third kappa shape index (κ3) is 3.77. The first-order valence-corrected chi connectivity index (χ1v) is 8.11. The minimum atomic E-state index is 0.389. The number of hydrogen-bond acceptors (Lipinski definition) is 3. The van der Waals surface area contributed by atoms with Gasteiger partial charge in [-0.15, -0.1) is 0 Å². The summed E-state index contributed by atoms with van der Waals surface area (Å²) in [5, 5.41) is 0. The molecule has 2 atom stereocenters. The van der Waals surface area contributed by atoms with Crippen molar-refractivity contribution in [3.63, 3.8) is 0 Å². The van der Waals surface area contributed by atoms with E-state index in [2.05, 4.69) is 44.9 Å². The van der Waals surface area contributed by atoms with E-state index in [9.17, 15) is 0 Å². The molecule has 0 bridgehead atoms. The van der Waals surface area contributed by atoms with Crippen molar-refractivity contribution < 1.29 is 0 Å². The molecule has 1 saturated heterocycles. The number of nitrogens with zero attached hydrogens (tertiary/aromatic N) is 2. The van der Waals surface area contributed by atoms with E-state index in [-0.39, 0.29) is 0 Å². The molecule has 1 aromatic heterocycles. The van der Waals surface area contributed by atoms with Crippen molar-refractivity contribution in [2.24, 2.45) is 11.7 Å². The smallest absolute Gasteiger partial charge is 0.0579 e. The Morgan fingerprint density at radius 3 is 2.89 bits per heavy atom. The predicted octanol–water partition coefficient (Wildman–Crippen LogP) is 3.36. The molecule has 1 fully saturated rings. The molecule has 1 aliphatic rings. The van der Waals surface area contributed by atoms with Crippen molar-refractivity contribution in [1.82, 2.24) is 9.88 Å². The van der Waals surface area contributed by atoms with Crippen molar-refractivity contribution in [3.05, 3.63) is 28.5 Å². The highest BCUT2D eigenvalue weighted by molar-refractivity contribution is 9.10. The number of rotatable bonds is 4. The van der Waals surface area contributed by atoms with Crippen LogP contribution in [0.2, 0.25) is 0 Å². The maximum absolute atomic E-state index is 6.03. The Morgan fingerprint density at radius 1 is 1.42 bits per heavy atom. The molecule has 2 heterocycles. The molecular formula is C15H24BrN3. The number of aromatic nitrogens is 1. The Labute approximate surface area is 124 Å². The summed E-state index contributed by atoms with van der Waals surface area (Å²) in [5.74, 6) is 0.530. The first-order chi connectivity index (χ1) is 9.26. The van der Waals surface area contributed by atoms with Gasteiger partial charge in [-0.2, -0.15) is 0 Å². The zero-order valence-electron chi connectivity index (χ0n) is 11.7. The largest absolute Gasteiger partial charge is 0.330 e. The molecule has 0 radical (unpaired) electrons. The van der Waals surface area contributed by atoms with Crippen molar-refractivity contribution in [2.75, 3.05) is 19.6 Å². The second-order valence-electron chi connectivity index (χ2n) is 5.37. The minimum absolute atomic E-state index is 0.389. The summed E-state index contributed by atoms with van der Waals surface area (Å²) in [5.41, 5.74) is 7.20. The van der Waals surface area contributed by atoms with Gasteiger partial charge in [-0.25, -0.2) is 0 Å². The van der Waals surface area contributed by atoms with Crippen molar-refractivity contribution in [2.45, 2.75) is 38.6 Å². The van der Waals surface area contributed by atoms with Gasteiger partial charge < -0.3 is 5.73 Å². The Hall–Kier alpha value is -0.450. The summed E-state index contributed by atoms with van der Waals surface area (Å²) in [6.07, 6.45) is 6.88. The van der Waals surface area contributed by atoms with Crippen LogP contribution in [0.25, 0.3) is 0 Å². The molecule has 0 aromatic carbocycles. The first-order valence-electron chi connectivity index (χ1n) is 7.31. The predicted molar refractivity (Wildman–Crippen MR) is 82.9 cm³/mol. The van der Waals surface area contributed by atoms with E-state index in [0.717, 1.165) is 17.6 Å². The van der Waals surface area contributed by atoms with Gasteiger partial charge in [0.15, 0.2) is 0 Å². The molecule has 2 unspecified atom stereocenters. The van der Waals surface area contributed by atoms with Crippen LogP contribution in [0.1, 0.15) is 44.3 Å². The highest BCUT2D eigenvalue weighted by atomic mass is 79.9. The van der Waals surface area contributed by atoms with Crippen LogP contribution in [-0.4, -0.2) is 29.5 Å². The van der Waals surface area contributed by atoms with Gasteiger partial charge in [0.25, 0.3) is 0 Å². The second kappa shape index (κ2) is 7.36. The molecular weight excluding hydrogens is 302 g/mol. The maximum Gasteiger partial charge on any atom is 0.0579 e. The average Bonchev–Trinajstić information content (AvgIpc) is 2.62. The lowest BCUT2D eigenvalue weighted by Gasteiger charge is -2.34. The van der Waals surface area contributed by atoms with Crippen LogP contribution in [0.3, 0.4) is 0 Å². The zero-order chi connectivity index (χ0) is 13.7. The molecule has 1 aromatic rings. The molecule has 0 aliphatic carbocycles. The van der Waals surface area contributed by atoms with Gasteiger partial charge >= 0.3 is 0 Å². The van der Waals surface area contributed by atoms with Crippen molar-refractivity contribution in [1.29, 1.82) is 0 Å². The number of pyridine rings is 1. The highest BCUT2D eigenvalue weighted by Gasteiger charge is 2.30. The van der Waals surface area contributed by atoms with Crippen molar-refractivity contribution in [3.8, 4) is 0 Å². The third-order valence-electron chi connectivity index (χ3n) is 3.98. The standard InChI is InChI=1S/C15H24BrN3/c1-2-8-19-9-4-3-5-12(10-17)15(19)14-7-6-13(16)11-18-14/h6-7,11-12,15H,2-5,8-10,17H2,1H3. The molecule has 3 nitrogen and oxygen atoms in total. The maximum atomic E-state index is 6.03. The molecule has 0 saturated carbocycles. The summed E-state index contributed by atoms with van der Waals surface area (Å²) >= 11 is 3.46. The van der Waals surface area contributed by atoms with Crippen LogP contribution in [0.15, 0.2) is 22.8 Å². The molecule has 0 amide bonds. The Bertz CT molecular complexity index is 379. The Kier molecular flexibility index (Phi) is 5.79. The van der Waals surface area contributed by atoms with Gasteiger partial charge in [-0.1, -0.05) is 13.3 Å². The number of likely N-dealkylation sites (tertiary alicyclic amines) is 1. The molecule has 4 heteroatoms. The van der Waals surface area contributed by atoms with E-state index in [1.54, 1.807) is 0 Å². The summed E-state index contributed by atoms with van der Waals surface area (Å²) < 4.78 is 1.04. The van der Waals surface area contributed by atoms with E-state index < -0.39 is 0 Å². The summed E-state index contributed by atoms with van der Waals surface area (Å²) in [6.45, 7) is 5.31. The van der Waals surface area contributed by atoms with E-state index in [0.29, 0.717) is 12.0 Å². The van der Waals surface area contributed by atoms with Crippen LogP contribution in [0.4, 0.5) is 0 Å². The number of hydrogen-bond donors (Lipinski definition) is 1. The highest BCUT2D eigenvalue weighted by Crippen LogP contribution is 2.34. The summed E-state index contributed by atoms with van der Waals surface area (Å²) in [4.78, 5) is 7.21. The quantitative estimate of drug-likeness (QED) is 0.922. The average molecular weight is 326 g/mol. The van der Waals surface area contributed by atoms with Crippen LogP contribution in [-0.2, 0) is 0 Å². The van der Waals surface area contributed by atoms with Crippen LogP contribution in [0, 0.1) is 5.92 Å². The van der Waals surface area contributed by atoms with E-state index in [1.807, 2.05) is 6.20 Å². The van der Waals surface area contributed by atoms with Gasteiger partial charge in [0.05, 0.1) is 11.7 Å². The second-order valence-corrected chi connectivity index (χ2v) is 6.29. The lowest BCUT2D eigenvalue weighted by molar-refractivity contribution is 0.154. The first kappa shape index (κ1) is 14.9. The molecule has 106 valence electrons. The van der Waals surface area contributed by atoms with Gasteiger partial charge in [0.1, 0.15) is 0 Å². The monoisotopic (exact) mass is 325 g/mol. The number of nitrogens with two attached hydrogens (primary N) is 1. The van der Waals surface area contributed by atoms with Crippen LogP contribution < -0.4 is 5.73 Å². The van der Waals surface area contributed by atoms with E-state index >= 15 is 0 Å². The molecule has 0 spiro atoms. The van der Waals surface area contributed by atoms with E-state index in [4.69, 9.17) is 5.73 Å². The van der Waals surface area contributed by atoms with Gasteiger partial charge in [-0.05, 0) is 72.9 Å². The molecule has 2 N–H and O–H groups in total. The van der Waals surface area contributed by atoms with Gasteiger partial charge in [-0.3, -0.25) is 9.88 Å². The van der Waals surface area contributed by atoms with Crippen LogP contribution in [0.5, 0.6) is 0 Å². The van der Waals surface area contributed by atoms with Gasteiger partial charge in [0, 0.05) is 10.7 Å². The third-order valence-corrected chi connectivity index (χ3v) is 4.45. The molecule has 1 aliphatic heterocycles. The SMILES string of the molecule is CCCN1CCCCC(CN)C1c1ccc(Br)cn1. The Balaban J connectivity index is 2.28. The van der Waals surface area contributed by atoms with E-state index in [1.165, 1.54) is 37.9 Å². The normalized spacial score (nSPS) is 25.2. The van der Waals surface area contributed by atoms with Crippen molar-refractivity contribution >= 4 is 15.9 Å². The topological polar surface area (TPSA) is 42.1 Å². The van der Waals surface area contributed by atoms with Crippen LogP contribution >= 0.6 is 15.9 Å². The number of halogens is 1. The Morgan fingerprint density at radius 2 is 2.26 bits per heavy atom. The fourth-order valence-electron chi connectivity index (χ4n) is 3.09. The molecule has 19 heavy (non-hydrogen) atoms.